The van der Waals surface area contributed by atoms with E-state index in [2.05, 4.69) is 15.2 Å². The third-order valence-electron chi connectivity index (χ3n) is 3.62. The highest BCUT2D eigenvalue weighted by molar-refractivity contribution is 5.52. The Morgan fingerprint density at radius 2 is 2.05 bits per heavy atom. The van der Waals surface area contributed by atoms with Crippen molar-refractivity contribution in [2.24, 2.45) is 0 Å². The van der Waals surface area contributed by atoms with Crippen LogP contribution in [0.25, 0.3) is 0 Å². The number of nitrogens with zero attached hydrogens (tertiary/aromatic N) is 3. The lowest BCUT2D eigenvalue weighted by molar-refractivity contribution is -0.137. The van der Waals surface area contributed by atoms with E-state index in [1.165, 1.54) is 0 Å². The summed E-state index contributed by atoms with van der Waals surface area (Å²) in [5.41, 5.74) is -0.658. The van der Waals surface area contributed by atoms with Crippen molar-refractivity contribution in [2.45, 2.75) is 26.1 Å². The van der Waals surface area contributed by atoms with Crippen LogP contribution in [0.1, 0.15) is 19.4 Å². The van der Waals surface area contributed by atoms with Crippen molar-refractivity contribution < 1.29 is 13.2 Å². The van der Waals surface area contributed by atoms with Gasteiger partial charge < -0.3 is 15.1 Å². The van der Waals surface area contributed by atoms with Gasteiger partial charge in [-0.05, 0) is 33.0 Å². The van der Waals surface area contributed by atoms with Gasteiger partial charge in [-0.2, -0.15) is 13.2 Å². The van der Waals surface area contributed by atoms with Crippen LogP contribution in [0.3, 0.4) is 0 Å². The molecule has 1 aliphatic heterocycles. The minimum atomic E-state index is -4.36. The molecule has 1 fully saturated rings. The molecule has 0 saturated carbocycles. The molecule has 1 saturated heterocycles. The van der Waals surface area contributed by atoms with E-state index in [-0.39, 0.29) is 11.9 Å². The van der Waals surface area contributed by atoms with Crippen molar-refractivity contribution >= 4 is 11.6 Å². The largest absolute Gasteiger partial charge is 0.416 e. The Bertz CT molecular complexity index is 490. The summed E-state index contributed by atoms with van der Waals surface area (Å²) >= 11 is 0. The van der Waals surface area contributed by atoms with Gasteiger partial charge in [0.1, 0.15) is 11.6 Å². The SMILES string of the molecule is CCNc1cc(C(F)(F)F)cc(N2CCN(C)CC2C)n1. The van der Waals surface area contributed by atoms with E-state index in [0.29, 0.717) is 18.9 Å². The maximum atomic E-state index is 13.0. The number of rotatable bonds is 3. The molecule has 0 radical (unpaired) electrons. The van der Waals surface area contributed by atoms with Gasteiger partial charge in [-0.3, -0.25) is 0 Å². The maximum absolute atomic E-state index is 13.0. The zero-order chi connectivity index (χ0) is 15.6. The van der Waals surface area contributed by atoms with Crippen molar-refractivity contribution in [3.05, 3.63) is 17.7 Å². The highest BCUT2D eigenvalue weighted by Gasteiger charge is 2.33. The molecule has 118 valence electrons. The average molecular weight is 302 g/mol. The molecule has 0 aromatic carbocycles. The van der Waals surface area contributed by atoms with Gasteiger partial charge in [0, 0.05) is 32.2 Å². The van der Waals surface area contributed by atoms with Gasteiger partial charge in [0.15, 0.2) is 0 Å². The molecule has 2 rings (SSSR count). The molecule has 0 spiro atoms. The summed E-state index contributed by atoms with van der Waals surface area (Å²) in [5, 5.41) is 2.87. The second-order valence-electron chi connectivity index (χ2n) is 5.43. The summed E-state index contributed by atoms with van der Waals surface area (Å²) in [6.07, 6.45) is -4.36. The molecule has 1 aliphatic rings. The third-order valence-corrected chi connectivity index (χ3v) is 3.62. The van der Waals surface area contributed by atoms with Gasteiger partial charge in [-0.15, -0.1) is 0 Å². The standard InChI is InChI=1S/C14H21F3N4/c1-4-18-12-7-11(14(15,16)17)8-13(19-12)21-6-5-20(3)9-10(21)2/h7-8,10H,4-6,9H2,1-3H3,(H,18,19). The second-order valence-corrected chi connectivity index (χ2v) is 5.43. The highest BCUT2D eigenvalue weighted by atomic mass is 19.4. The lowest BCUT2D eigenvalue weighted by Crippen LogP contribution is -2.50. The van der Waals surface area contributed by atoms with Crippen molar-refractivity contribution in [3.63, 3.8) is 0 Å². The molecule has 1 unspecified atom stereocenters. The highest BCUT2D eigenvalue weighted by Crippen LogP contribution is 2.33. The molecule has 7 heteroatoms. The van der Waals surface area contributed by atoms with Gasteiger partial charge in [0.2, 0.25) is 0 Å². The normalized spacial score (nSPS) is 20.7. The van der Waals surface area contributed by atoms with E-state index < -0.39 is 11.7 Å². The predicted molar refractivity (Wildman–Crippen MR) is 77.7 cm³/mol. The Morgan fingerprint density at radius 1 is 1.33 bits per heavy atom. The van der Waals surface area contributed by atoms with E-state index in [4.69, 9.17) is 0 Å². The number of aromatic nitrogens is 1. The number of likely N-dealkylation sites (N-methyl/N-ethyl adjacent to an activating group) is 1. The number of hydrogen-bond acceptors (Lipinski definition) is 4. The van der Waals surface area contributed by atoms with E-state index in [1.807, 2.05) is 25.8 Å². The number of alkyl halides is 3. The number of halogens is 3. The number of hydrogen-bond donors (Lipinski definition) is 1. The lowest BCUT2D eigenvalue weighted by atomic mass is 10.1. The molecule has 21 heavy (non-hydrogen) atoms. The van der Waals surface area contributed by atoms with Crippen LogP contribution in [0.4, 0.5) is 24.8 Å². The molecule has 1 aromatic heterocycles. The first-order chi connectivity index (χ1) is 9.81. The summed E-state index contributed by atoms with van der Waals surface area (Å²) < 4.78 is 39.1. The first-order valence-corrected chi connectivity index (χ1v) is 7.09. The Hall–Kier alpha value is -1.50. The van der Waals surface area contributed by atoms with E-state index in [0.717, 1.165) is 25.2 Å². The van der Waals surface area contributed by atoms with Gasteiger partial charge >= 0.3 is 6.18 Å². The molecule has 1 atom stereocenters. The molecule has 1 N–H and O–H groups in total. The van der Waals surface area contributed by atoms with Gasteiger partial charge in [0.25, 0.3) is 0 Å². The quantitative estimate of drug-likeness (QED) is 0.930. The van der Waals surface area contributed by atoms with Crippen LogP contribution in [0, 0.1) is 0 Å². The van der Waals surface area contributed by atoms with Crippen LogP contribution < -0.4 is 10.2 Å². The second kappa shape index (κ2) is 6.09. The molecular weight excluding hydrogens is 281 g/mol. The van der Waals surface area contributed by atoms with Gasteiger partial charge in [0.05, 0.1) is 5.56 Å². The van der Waals surface area contributed by atoms with Crippen LogP contribution in [0.5, 0.6) is 0 Å². The number of pyridine rings is 1. The Morgan fingerprint density at radius 3 is 2.62 bits per heavy atom. The van der Waals surface area contributed by atoms with Crippen LogP contribution >= 0.6 is 0 Å². The minimum Gasteiger partial charge on any atom is -0.370 e. The maximum Gasteiger partial charge on any atom is 0.416 e. The first kappa shape index (κ1) is 15.9. The van der Waals surface area contributed by atoms with Crippen molar-refractivity contribution in [2.75, 3.05) is 43.4 Å². The van der Waals surface area contributed by atoms with Crippen LogP contribution in [-0.2, 0) is 6.18 Å². The molecule has 0 amide bonds. The summed E-state index contributed by atoms with van der Waals surface area (Å²) in [6, 6.07) is 2.34. The van der Waals surface area contributed by atoms with Gasteiger partial charge in [-0.1, -0.05) is 0 Å². The summed E-state index contributed by atoms with van der Waals surface area (Å²) in [5.74, 6) is 0.662. The zero-order valence-electron chi connectivity index (χ0n) is 12.5. The molecule has 1 aromatic rings. The number of nitrogens with one attached hydrogen (secondary N) is 1. The van der Waals surface area contributed by atoms with Crippen LogP contribution in [-0.4, -0.2) is 49.2 Å². The first-order valence-electron chi connectivity index (χ1n) is 7.09. The molecular formula is C14H21F3N4. The van der Waals surface area contributed by atoms with Crippen molar-refractivity contribution in [1.82, 2.24) is 9.88 Å². The van der Waals surface area contributed by atoms with Crippen molar-refractivity contribution in [1.29, 1.82) is 0 Å². The molecule has 4 nitrogen and oxygen atoms in total. The lowest BCUT2D eigenvalue weighted by Gasteiger charge is -2.39. The third kappa shape index (κ3) is 3.78. The van der Waals surface area contributed by atoms with E-state index in [9.17, 15) is 13.2 Å². The fraction of sp³-hybridized carbons (Fsp3) is 0.643. The number of anilines is 2. The smallest absolute Gasteiger partial charge is 0.370 e. The molecule has 0 aliphatic carbocycles. The monoisotopic (exact) mass is 302 g/mol. The van der Waals surface area contributed by atoms with E-state index >= 15 is 0 Å². The topological polar surface area (TPSA) is 31.4 Å². The fourth-order valence-electron chi connectivity index (χ4n) is 2.58. The van der Waals surface area contributed by atoms with Crippen LogP contribution in [0.15, 0.2) is 12.1 Å². The van der Waals surface area contributed by atoms with E-state index in [1.54, 1.807) is 0 Å². The summed E-state index contributed by atoms with van der Waals surface area (Å²) in [6.45, 7) is 6.68. The predicted octanol–water partition coefficient (Wildman–Crippen LogP) is 2.67. The summed E-state index contributed by atoms with van der Waals surface area (Å²) in [4.78, 5) is 8.44. The fourth-order valence-corrected chi connectivity index (χ4v) is 2.58. The van der Waals surface area contributed by atoms with Crippen LogP contribution in [0.2, 0.25) is 0 Å². The Labute approximate surface area is 122 Å². The van der Waals surface area contributed by atoms with Gasteiger partial charge in [-0.25, -0.2) is 4.98 Å². The average Bonchev–Trinajstić information content (AvgIpc) is 2.37. The van der Waals surface area contributed by atoms with Crippen molar-refractivity contribution in [3.8, 4) is 0 Å². The summed E-state index contributed by atoms with van der Waals surface area (Å²) in [7, 11) is 2.01. The molecule has 2 heterocycles. The molecule has 0 bridgehead atoms. The Balaban J connectivity index is 2.35. The minimum absolute atomic E-state index is 0.134. The number of piperazine rings is 1. The Kier molecular flexibility index (Phi) is 4.61. The zero-order valence-corrected chi connectivity index (χ0v) is 12.5.